The number of ether oxygens (including phenoxy) is 2. The zero-order valence-corrected chi connectivity index (χ0v) is 12.8. The van der Waals surface area contributed by atoms with Gasteiger partial charge in [0.15, 0.2) is 0 Å². The van der Waals surface area contributed by atoms with Crippen LogP contribution >= 0.6 is 0 Å². The molecule has 1 aromatic rings. The van der Waals surface area contributed by atoms with Crippen LogP contribution in [0.15, 0.2) is 30.3 Å². The molecule has 1 rings (SSSR count). The second kappa shape index (κ2) is 8.42. The Hall–Kier alpha value is -1.88. The lowest BCUT2D eigenvalue weighted by molar-refractivity contribution is -0.153. The molecule has 1 unspecified atom stereocenters. The van der Waals surface area contributed by atoms with Gasteiger partial charge in [0, 0.05) is 20.0 Å². The van der Waals surface area contributed by atoms with Crippen molar-refractivity contribution >= 4 is 11.9 Å². The number of carbonyl (C=O) groups excluding carboxylic acids is 2. The third-order valence-corrected chi connectivity index (χ3v) is 3.04. The van der Waals surface area contributed by atoms with Crippen LogP contribution < -0.4 is 5.32 Å². The van der Waals surface area contributed by atoms with E-state index in [0.717, 1.165) is 5.56 Å². The molecule has 5 heteroatoms. The third kappa shape index (κ3) is 5.95. The predicted molar refractivity (Wildman–Crippen MR) is 79.6 cm³/mol. The highest BCUT2D eigenvalue weighted by atomic mass is 16.5. The van der Waals surface area contributed by atoms with Crippen LogP contribution in [0.5, 0.6) is 0 Å². The zero-order valence-electron chi connectivity index (χ0n) is 12.8. The van der Waals surface area contributed by atoms with Gasteiger partial charge in [-0.2, -0.15) is 0 Å². The number of nitrogens with one attached hydrogen (secondary N) is 1. The molecular formula is C16H23NO4. The van der Waals surface area contributed by atoms with E-state index in [1.807, 2.05) is 30.3 Å². The fourth-order valence-corrected chi connectivity index (χ4v) is 1.94. The number of carbonyl (C=O) groups is 2. The lowest BCUT2D eigenvalue weighted by atomic mass is 9.98. The Balaban J connectivity index is 2.49. The van der Waals surface area contributed by atoms with Crippen LogP contribution in [-0.2, 0) is 25.7 Å². The number of esters is 1. The molecule has 0 aliphatic heterocycles. The smallest absolute Gasteiger partial charge is 0.331 e. The molecule has 0 aliphatic rings. The van der Waals surface area contributed by atoms with Crippen molar-refractivity contribution in [3.8, 4) is 0 Å². The molecule has 0 spiro atoms. The van der Waals surface area contributed by atoms with Gasteiger partial charge in [-0.1, -0.05) is 30.3 Å². The first-order valence-corrected chi connectivity index (χ1v) is 7.05. The fourth-order valence-electron chi connectivity index (χ4n) is 1.94. The van der Waals surface area contributed by atoms with Gasteiger partial charge in [0.1, 0.15) is 5.54 Å². The summed E-state index contributed by atoms with van der Waals surface area (Å²) in [5.74, 6) is -0.711. The lowest BCUT2D eigenvalue weighted by Crippen LogP contribution is -2.53. The van der Waals surface area contributed by atoms with E-state index in [-0.39, 0.29) is 12.5 Å². The maximum Gasteiger partial charge on any atom is 0.331 e. The van der Waals surface area contributed by atoms with Crippen molar-refractivity contribution in [2.45, 2.75) is 39.3 Å². The number of hydrogen-bond donors (Lipinski definition) is 1. The average molecular weight is 293 g/mol. The number of benzene rings is 1. The van der Waals surface area contributed by atoms with Crippen LogP contribution in [0.25, 0.3) is 0 Å². The summed E-state index contributed by atoms with van der Waals surface area (Å²) >= 11 is 0. The zero-order chi connectivity index (χ0) is 15.7. The fraction of sp³-hybridized carbons (Fsp3) is 0.500. The second-order valence-corrected chi connectivity index (χ2v) is 5.02. The maximum atomic E-state index is 12.0. The summed E-state index contributed by atoms with van der Waals surface area (Å²) in [7, 11) is 0. The number of hydrogen-bond acceptors (Lipinski definition) is 4. The SMILES string of the molecule is CCOC(=O)C(C)(CCOCc1ccccc1)NC(C)=O. The largest absolute Gasteiger partial charge is 0.464 e. The van der Waals surface area contributed by atoms with Crippen LogP contribution in [-0.4, -0.2) is 30.6 Å². The molecule has 0 bridgehead atoms. The first-order chi connectivity index (χ1) is 9.98. The molecule has 0 radical (unpaired) electrons. The van der Waals surface area contributed by atoms with E-state index < -0.39 is 11.5 Å². The maximum absolute atomic E-state index is 12.0. The third-order valence-electron chi connectivity index (χ3n) is 3.04. The molecule has 0 saturated carbocycles. The van der Waals surface area contributed by atoms with Gasteiger partial charge in [-0.15, -0.1) is 0 Å². The van der Waals surface area contributed by atoms with Gasteiger partial charge in [0.2, 0.25) is 5.91 Å². The summed E-state index contributed by atoms with van der Waals surface area (Å²) in [6, 6.07) is 9.77. The molecule has 5 nitrogen and oxygen atoms in total. The Morgan fingerprint density at radius 2 is 1.90 bits per heavy atom. The topological polar surface area (TPSA) is 64.6 Å². The summed E-state index contributed by atoms with van der Waals surface area (Å²) in [6.45, 7) is 5.86. The summed E-state index contributed by atoms with van der Waals surface area (Å²) in [4.78, 5) is 23.2. The summed E-state index contributed by atoms with van der Waals surface area (Å²) in [5.41, 5.74) is 0.00768. The Morgan fingerprint density at radius 3 is 2.48 bits per heavy atom. The average Bonchev–Trinajstić information content (AvgIpc) is 2.44. The molecule has 1 aromatic carbocycles. The van der Waals surface area contributed by atoms with Crippen molar-refractivity contribution in [1.82, 2.24) is 5.32 Å². The molecule has 0 aliphatic carbocycles. The molecule has 0 saturated heterocycles. The highest BCUT2D eigenvalue weighted by molar-refractivity contribution is 5.86. The minimum absolute atomic E-state index is 0.270. The molecule has 116 valence electrons. The minimum atomic E-state index is -1.06. The molecule has 21 heavy (non-hydrogen) atoms. The van der Waals surface area contributed by atoms with E-state index in [4.69, 9.17) is 9.47 Å². The molecule has 0 fully saturated rings. The van der Waals surface area contributed by atoms with E-state index in [1.165, 1.54) is 6.92 Å². The van der Waals surface area contributed by atoms with Crippen molar-refractivity contribution in [2.24, 2.45) is 0 Å². The van der Waals surface area contributed by atoms with Crippen LogP contribution in [0.3, 0.4) is 0 Å². The quantitative estimate of drug-likeness (QED) is 0.588. The van der Waals surface area contributed by atoms with Crippen LogP contribution in [0.1, 0.15) is 32.8 Å². The summed E-state index contributed by atoms with van der Waals surface area (Å²) < 4.78 is 10.6. The first-order valence-electron chi connectivity index (χ1n) is 7.05. The van der Waals surface area contributed by atoms with Gasteiger partial charge in [0.05, 0.1) is 13.2 Å². The van der Waals surface area contributed by atoms with Crippen molar-refractivity contribution in [2.75, 3.05) is 13.2 Å². The van der Waals surface area contributed by atoms with Crippen molar-refractivity contribution in [1.29, 1.82) is 0 Å². The first kappa shape index (κ1) is 17.2. The van der Waals surface area contributed by atoms with Gasteiger partial charge in [0.25, 0.3) is 0 Å². The Kier molecular flexibility index (Phi) is 6.88. The molecule has 0 aromatic heterocycles. The number of rotatable bonds is 8. The van der Waals surface area contributed by atoms with E-state index in [2.05, 4.69) is 5.32 Å². The molecular weight excluding hydrogens is 270 g/mol. The van der Waals surface area contributed by atoms with Gasteiger partial charge in [-0.05, 0) is 19.4 Å². The second-order valence-electron chi connectivity index (χ2n) is 5.02. The van der Waals surface area contributed by atoms with Gasteiger partial charge in [-0.25, -0.2) is 4.79 Å². The predicted octanol–water partition coefficient (Wildman–Crippen LogP) is 2.05. The lowest BCUT2D eigenvalue weighted by Gasteiger charge is -2.27. The van der Waals surface area contributed by atoms with E-state index in [0.29, 0.717) is 19.6 Å². The molecule has 0 heterocycles. The van der Waals surface area contributed by atoms with E-state index >= 15 is 0 Å². The van der Waals surface area contributed by atoms with Crippen molar-refractivity contribution in [3.63, 3.8) is 0 Å². The van der Waals surface area contributed by atoms with Crippen LogP contribution in [0.4, 0.5) is 0 Å². The van der Waals surface area contributed by atoms with Crippen LogP contribution in [0, 0.1) is 0 Å². The molecule has 1 amide bonds. The van der Waals surface area contributed by atoms with Crippen molar-refractivity contribution in [3.05, 3.63) is 35.9 Å². The highest BCUT2D eigenvalue weighted by Gasteiger charge is 2.35. The van der Waals surface area contributed by atoms with E-state index in [9.17, 15) is 9.59 Å². The Labute approximate surface area is 125 Å². The van der Waals surface area contributed by atoms with Gasteiger partial charge < -0.3 is 14.8 Å². The Bertz CT molecular complexity index is 461. The van der Waals surface area contributed by atoms with Crippen LogP contribution in [0.2, 0.25) is 0 Å². The van der Waals surface area contributed by atoms with Gasteiger partial charge >= 0.3 is 5.97 Å². The Morgan fingerprint density at radius 1 is 1.24 bits per heavy atom. The van der Waals surface area contributed by atoms with Crippen molar-refractivity contribution < 1.29 is 19.1 Å². The monoisotopic (exact) mass is 293 g/mol. The normalized spacial score (nSPS) is 13.3. The van der Waals surface area contributed by atoms with E-state index in [1.54, 1.807) is 13.8 Å². The number of amides is 1. The highest BCUT2D eigenvalue weighted by Crippen LogP contribution is 2.13. The minimum Gasteiger partial charge on any atom is -0.464 e. The summed E-state index contributed by atoms with van der Waals surface area (Å²) in [6.07, 6.45) is 0.359. The standard InChI is InChI=1S/C16H23NO4/c1-4-21-15(19)16(3,17-13(2)18)10-11-20-12-14-8-6-5-7-9-14/h5-9H,4,10-12H2,1-3H3,(H,17,18). The molecule has 1 N–H and O–H groups in total. The molecule has 1 atom stereocenters. The summed E-state index contributed by atoms with van der Waals surface area (Å²) in [5, 5.41) is 2.65. The van der Waals surface area contributed by atoms with Gasteiger partial charge in [-0.3, -0.25) is 4.79 Å².